The first-order valence-corrected chi connectivity index (χ1v) is 6.98. The van der Waals surface area contributed by atoms with Crippen LogP contribution in [0.1, 0.15) is 30.5 Å². The van der Waals surface area contributed by atoms with E-state index in [1.54, 1.807) is 11.3 Å². The van der Waals surface area contributed by atoms with Crippen LogP contribution in [0.3, 0.4) is 0 Å². The molecule has 0 aliphatic carbocycles. The number of thiazole rings is 1. The second kappa shape index (κ2) is 5.87. The minimum Gasteiger partial charge on any atom is -0.494 e. The van der Waals surface area contributed by atoms with Gasteiger partial charge < -0.3 is 10.1 Å². The molecule has 1 N–H and O–H groups in total. The minimum atomic E-state index is 0.259. The van der Waals surface area contributed by atoms with Gasteiger partial charge in [0.2, 0.25) is 0 Å². The zero-order valence-electron chi connectivity index (χ0n) is 10.9. The summed E-state index contributed by atoms with van der Waals surface area (Å²) in [6.07, 6.45) is 0. The Hall–Kier alpha value is -1.55. The number of anilines is 1. The maximum Gasteiger partial charge on any atom is 0.121 e. The highest BCUT2D eigenvalue weighted by atomic mass is 32.1. The van der Waals surface area contributed by atoms with E-state index >= 15 is 0 Å². The van der Waals surface area contributed by atoms with Crippen molar-refractivity contribution in [3.63, 3.8) is 0 Å². The van der Waals surface area contributed by atoms with Gasteiger partial charge >= 0.3 is 0 Å². The van der Waals surface area contributed by atoms with Crippen molar-refractivity contribution in [2.45, 2.75) is 26.8 Å². The average Bonchev–Trinajstić information content (AvgIpc) is 2.76. The van der Waals surface area contributed by atoms with Gasteiger partial charge in [-0.3, -0.25) is 0 Å². The van der Waals surface area contributed by atoms with Crippen LogP contribution >= 0.6 is 11.3 Å². The van der Waals surface area contributed by atoms with E-state index in [-0.39, 0.29) is 6.04 Å². The van der Waals surface area contributed by atoms with Crippen molar-refractivity contribution < 1.29 is 4.74 Å². The third-order valence-electron chi connectivity index (χ3n) is 2.70. The molecule has 0 amide bonds. The minimum absolute atomic E-state index is 0.259. The Labute approximate surface area is 112 Å². The first kappa shape index (κ1) is 12.9. The van der Waals surface area contributed by atoms with E-state index in [2.05, 4.69) is 23.3 Å². The van der Waals surface area contributed by atoms with Gasteiger partial charge in [0.25, 0.3) is 0 Å². The lowest BCUT2D eigenvalue weighted by atomic mass is 10.2. The summed E-state index contributed by atoms with van der Waals surface area (Å²) >= 11 is 1.69. The molecule has 3 nitrogen and oxygen atoms in total. The number of nitrogens with one attached hydrogen (secondary N) is 1. The highest BCUT2D eigenvalue weighted by Crippen LogP contribution is 2.26. The third kappa shape index (κ3) is 3.01. The number of aromatic nitrogens is 1. The van der Waals surface area contributed by atoms with Crippen LogP contribution in [0.25, 0.3) is 0 Å². The molecule has 0 saturated heterocycles. The molecular weight excluding hydrogens is 244 g/mol. The Morgan fingerprint density at radius 2 is 2.28 bits per heavy atom. The van der Waals surface area contributed by atoms with Gasteiger partial charge in [0.05, 0.1) is 23.9 Å². The summed E-state index contributed by atoms with van der Waals surface area (Å²) in [6.45, 7) is 6.87. The molecule has 1 atom stereocenters. The molecule has 0 radical (unpaired) electrons. The number of nitrogens with zero attached hydrogens (tertiary/aromatic N) is 1. The van der Waals surface area contributed by atoms with Crippen molar-refractivity contribution in [1.82, 2.24) is 4.98 Å². The van der Waals surface area contributed by atoms with Gasteiger partial charge in [0.15, 0.2) is 0 Å². The lowest BCUT2D eigenvalue weighted by molar-refractivity contribution is 0.340. The fourth-order valence-electron chi connectivity index (χ4n) is 1.88. The van der Waals surface area contributed by atoms with Crippen LogP contribution in [-0.2, 0) is 0 Å². The molecule has 0 spiro atoms. The molecule has 1 aromatic carbocycles. The van der Waals surface area contributed by atoms with Crippen LogP contribution in [0.4, 0.5) is 5.69 Å². The average molecular weight is 262 g/mol. The highest BCUT2D eigenvalue weighted by Gasteiger charge is 2.10. The van der Waals surface area contributed by atoms with Crippen LogP contribution in [0.15, 0.2) is 29.8 Å². The van der Waals surface area contributed by atoms with Gasteiger partial charge in [-0.1, -0.05) is 6.07 Å². The predicted molar refractivity (Wildman–Crippen MR) is 76.5 cm³/mol. The fourth-order valence-corrected chi connectivity index (χ4v) is 2.70. The molecule has 2 aromatic rings. The largest absolute Gasteiger partial charge is 0.494 e. The van der Waals surface area contributed by atoms with Gasteiger partial charge in [-0.2, -0.15) is 0 Å². The van der Waals surface area contributed by atoms with Crippen LogP contribution in [0, 0.1) is 6.92 Å². The summed E-state index contributed by atoms with van der Waals surface area (Å²) in [4.78, 5) is 5.55. The molecule has 4 heteroatoms. The summed E-state index contributed by atoms with van der Waals surface area (Å²) in [5.74, 6) is 0.899. The van der Waals surface area contributed by atoms with Crippen molar-refractivity contribution in [3.05, 3.63) is 40.3 Å². The highest BCUT2D eigenvalue weighted by molar-refractivity contribution is 7.09. The maximum absolute atomic E-state index is 5.49. The van der Waals surface area contributed by atoms with E-state index in [1.807, 2.05) is 37.6 Å². The zero-order valence-corrected chi connectivity index (χ0v) is 11.8. The Bertz CT molecular complexity index is 510. The van der Waals surface area contributed by atoms with Gasteiger partial charge in [0.1, 0.15) is 5.75 Å². The molecule has 1 aromatic heterocycles. The standard InChI is InChI=1S/C14H18N2OS/c1-4-17-13-7-5-6-12(8-13)16-11(3)14-10(2)15-9-18-14/h5-9,11,16H,4H2,1-3H3. The molecule has 0 fully saturated rings. The smallest absolute Gasteiger partial charge is 0.121 e. The topological polar surface area (TPSA) is 34.1 Å². The third-order valence-corrected chi connectivity index (χ3v) is 3.82. The number of aryl methyl sites for hydroxylation is 1. The summed E-state index contributed by atoms with van der Waals surface area (Å²) in [5.41, 5.74) is 4.06. The molecule has 0 aliphatic heterocycles. The first-order chi connectivity index (χ1) is 8.70. The maximum atomic E-state index is 5.49. The van der Waals surface area contributed by atoms with Crippen LogP contribution in [-0.4, -0.2) is 11.6 Å². The molecule has 2 rings (SSSR count). The van der Waals surface area contributed by atoms with E-state index in [1.165, 1.54) is 4.88 Å². The molecule has 0 bridgehead atoms. The fraction of sp³-hybridized carbons (Fsp3) is 0.357. The lowest BCUT2D eigenvalue weighted by Gasteiger charge is -2.15. The van der Waals surface area contributed by atoms with Crippen LogP contribution in [0.5, 0.6) is 5.75 Å². The van der Waals surface area contributed by atoms with Crippen molar-refractivity contribution in [3.8, 4) is 5.75 Å². The summed E-state index contributed by atoms with van der Waals surface area (Å²) in [7, 11) is 0. The van der Waals surface area contributed by atoms with Gasteiger partial charge in [-0.15, -0.1) is 11.3 Å². The second-order valence-corrected chi connectivity index (χ2v) is 5.02. The Morgan fingerprint density at radius 3 is 2.94 bits per heavy atom. The van der Waals surface area contributed by atoms with Crippen LogP contribution < -0.4 is 10.1 Å². The molecule has 1 heterocycles. The van der Waals surface area contributed by atoms with Crippen LogP contribution in [0.2, 0.25) is 0 Å². The van der Waals surface area contributed by atoms with E-state index in [0.29, 0.717) is 6.61 Å². The monoisotopic (exact) mass is 262 g/mol. The van der Waals surface area contributed by atoms with E-state index in [4.69, 9.17) is 4.74 Å². The number of ether oxygens (including phenoxy) is 1. The lowest BCUT2D eigenvalue weighted by Crippen LogP contribution is -2.06. The number of rotatable bonds is 5. The number of hydrogen-bond donors (Lipinski definition) is 1. The number of hydrogen-bond acceptors (Lipinski definition) is 4. The van der Waals surface area contributed by atoms with Gasteiger partial charge in [-0.25, -0.2) is 4.98 Å². The van der Waals surface area contributed by atoms with Gasteiger partial charge in [-0.05, 0) is 32.9 Å². The molecule has 1 unspecified atom stereocenters. The van der Waals surface area contributed by atoms with Crippen molar-refractivity contribution >= 4 is 17.0 Å². The first-order valence-electron chi connectivity index (χ1n) is 6.10. The van der Waals surface area contributed by atoms with Crippen molar-refractivity contribution in [1.29, 1.82) is 0 Å². The van der Waals surface area contributed by atoms with Crippen molar-refractivity contribution in [2.75, 3.05) is 11.9 Å². The predicted octanol–water partition coefficient (Wildman–Crippen LogP) is 4.02. The molecule has 96 valence electrons. The quantitative estimate of drug-likeness (QED) is 0.883. The molecular formula is C14H18N2OS. The molecule has 18 heavy (non-hydrogen) atoms. The summed E-state index contributed by atoms with van der Waals surface area (Å²) in [6, 6.07) is 8.30. The van der Waals surface area contributed by atoms with Gasteiger partial charge in [0, 0.05) is 16.6 Å². The van der Waals surface area contributed by atoms with E-state index in [9.17, 15) is 0 Å². The van der Waals surface area contributed by atoms with E-state index in [0.717, 1.165) is 17.1 Å². The summed E-state index contributed by atoms with van der Waals surface area (Å²) < 4.78 is 5.49. The second-order valence-electron chi connectivity index (χ2n) is 4.13. The number of benzene rings is 1. The van der Waals surface area contributed by atoms with Crippen molar-refractivity contribution in [2.24, 2.45) is 0 Å². The Balaban J connectivity index is 2.09. The Kier molecular flexibility index (Phi) is 4.20. The SMILES string of the molecule is CCOc1cccc(NC(C)c2scnc2C)c1. The normalized spacial score (nSPS) is 12.2. The Morgan fingerprint density at radius 1 is 1.44 bits per heavy atom. The molecule has 0 aliphatic rings. The zero-order chi connectivity index (χ0) is 13.0. The van der Waals surface area contributed by atoms with E-state index < -0.39 is 0 Å². The molecule has 0 saturated carbocycles. The summed E-state index contributed by atoms with van der Waals surface area (Å²) in [5, 5.41) is 3.47.